The summed E-state index contributed by atoms with van der Waals surface area (Å²) < 4.78 is 0. The van der Waals surface area contributed by atoms with Gasteiger partial charge < -0.3 is 5.11 Å². The van der Waals surface area contributed by atoms with Crippen LogP contribution >= 0.6 is 12.6 Å². The molecular weight excluding hydrogens is 396 g/mol. The molecule has 0 heterocycles. The van der Waals surface area contributed by atoms with Gasteiger partial charge in [0.25, 0.3) is 0 Å². The zero-order valence-electron chi connectivity index (χ0n) is 19.5. The largest absolute Gasteiger partial charge is 0.400 e. The summed E-state index contributed by atoms with van der Waals surface area (Å²) in [6.45, 7) is 6.81. The zero-order valence-corrected chi connectivity index (χ0v) is 20.4. The van der Waals surface area contributed by atoms with E-state index in [9.17, 15) is 0 Å². The van der Waals surface area contributed by atoms with Crippen molar-refractivity contribution >= 4 is 35.6 Å². The molecule has 0 amide bonds. The highest BCUT2D eigenvalue weighted by Crippen LogP contribution is 2.29. The number of rotatable bonds is 9. The van der Waals surface area contributed by atoms with Crippen LogP contribution in [0.2, 0.25) is 0 Å². The molecule has 31 heavy (non-hydrogen) atoms. The Morgan fingerprint density at radius 2 is 1.61 bits per heavy atom. The van der Waals surface area contributed by atoms with E-state index < -0.39 is 0 Å². The lowest BCUT2D eigenvalue weighted by Gasteiger charge is -2.19. The highest BCUT2D eigenvalue weighted by molar-refractivity contribution is 7.80. The van der Waals surface area contributed by atoms with Crippen LogP contribution in [-0.4, -0.2) is 17.5 Å². The van der Waals surface area contributed by atoms with Crippen LogP contribution in [0.25, 0.3) is 22.9 Å². The van der Waals surface area contributed by atoms with Crippen molar-refractivity contribution in [2.75, 3.05) is 7.11 Å². The molecule has 0 saturated carbocycles. The topological polar surface area (TPSA) is 20.2 Å². The Bertz CT molecular complexity index is 943. The van der Waals surface area contributed by atoms with Gasteiger partial charge >= 0.3 is 0 Å². The summed E-state index contributed by atoms with van der Waals surface area (Å²) in [5.74, 6) is 0.617. The smallest absolute Gasteiger partial charge is 0.0319 e. The molecule has 3 aromatic carbocycles. The van der Waals surface area contributed by atoms with E-state index in [0.717, 1.165) is 20.0 Å². The Balaban J connectivity index is 0.00000166. The minimum absolute atomic E-state index is 0.501. The molecule has 0 aliphatic carbocycles. The lowest BCUT2D eigenvalue weighted by molar-refractivity contribution is 0.399. The molecule has 2 unspecified atom stereocenters. The Kier molecular flexibility index (Phi) is 10.9. The van der Waals surface area contributed by atoms with Gasteiger partial charge in [0.05, 0.1) is 0 Å². The van der Waals surface area contributed by atoms with Crippen LogP contribution in [0.3, 0.4) is 0 Å². The summed E-state index contributed by atoms with van der Waals surface area (Å²) in [6.07, 6.45) is 10.3. The fourth-order valence-electron chi connectivity index (χ4n) is 4.13. The quantitative estimate of drug-likeness (QED) is 0.259. The van der Waals surface area contributed by atoms with Gasteiger partial charge in [-0.2, -0.15) is 12.6 Å². The summed E-state index contributed by atoms with van der Waals surface area (Å²) in [7, 11) is 1.00. The molecule has 166 valence electrons. The van der Waals surface area contributed by atoms with Crippen molar-refractivity contribution in [1.82, 2.24) is 0 Å². The molecule has 2 heteroatoms. The predicted octanol–water partition coefficient (Wildman–Crippen LogP) is 7.85. The zero-order chi connectivity index (χ0) is 22.6. The number of aliphatic hydroxyl groups excluding tert-OH is 1. The lowest BCUT2D eigenvalue weighted by atomic mass is 9.89. The molecule has 0 bridgehead atoms. The first kappa shape index (κ1) is 25.2. The summed E-state index contributed by atoms with van der Waals surface area (Å²) in [4.78, 5) is 0. The number of benzene rings is 3. The number of hydrogen-bond donors (Lipinski definition) is 2. The predicted molar refractivity (Wildman–Crippen MR) is 142 cm³/mol. The van der Waals surface area contributed by atoms with E-state index in [1.807, 2.05) is 0 Å². The monoisotopic (exact) mass is 434 g/mol. The van der Waals surface area contributed by atoms with Gasteiger partial charge in [0, 0.05) is 12.4 Å². The molecule has 0 spiro atoms. The molecule has 3 aromatic rings. The van der Waals surface area contributed by atoms with Gasteiger partial charge in [0.2, 0.25) is 0 Å². The molecule has 0 aliphatic heterocycles. The lowest BCUT2D eigenvalue weighted by Crippen LogP contribution is -2.09. The molecule has 0 saturated heterocycles. The van der Waals surface area contributed by atoms with E-state index in [4.69, 9.17) is 17.7 Å². The van der Waals surface area contributed by atoms with Crippen molar-refractivity contribution < 1.29 is 5.11 Å². The van der Waals surface area contributed by atoms with Crippen molar-refractivity contribution in [1.29, 1.82) is 0 Å². The maximum atomic E-state index is 7.00. The highest BCUT2D eigenvalue weighted by Gasteiger charge is 2.13. The molecule has 0 aromatic heterocycles. The minimum atomic E-state index is 0.501. The van der Waals surface area contributed by atoms with Crippen molar-refractivity contribution in [2.45, 2.75) is 58.1 Å². The van der Waals surface area contributed by atoms with Gasteiger partial charge in [-0.05, 0) is 64.6 Å². The van der Waals surface area contributed by atoms with Crippen LogP contribution in [0.1, 0.15) is 62.3 Å². The summed E-state index contributed by atoms with van der Waals surface area (Å²) in [6, 6.07) is 22.2. The number of fused-ring (bicyclic) bond motifs is 1. The second-order valence-electron chi connectivity index (χ2n) is 8.27. The Morgan fingerprint density at radius 3 is 2.29 bits per heavy atom. The maximum absolute atomic E-state index is 7.00. The van der Waals surface area contributed by atoms with Crippen LogP contribution in [0.15, 0.2) is 60.7 Å². The maximum Gasteiger partial charge on any atom is 0.0319 e. The molecule has 0 radical (unpaired) electrons. The first-order valence-corrected chi connectivity index (χ1v) is 12.0. The summed E-state index contributed by atoms with van der Waals surface area (Å²) >= 11 is 4.81. The van der Waals surface area contributed by atoms with E-state index in [0.29, 0.717) is 11.2 Å². The van der Waals surface area contributed by atoms with Crippen LogP contribution < -0.4 is 0 Å². The Morgan fingerprint density at radius 1 is 0.903 bits per heavy atom. The fraction of sp³-hybridized carbons (Fsp3) is 0.379. The first-order chi connectivity index (χ1) is 15.1. The number of aryl methyl sites for hydroxylation is 1. The van der Waals surface area contributed by atoms with Gasteiger partial charge in [0.15, 0.2) is 0 Å². The molecule has 0 fully saturated rings. The fourth-order valence-corrected chi connectivity index (χ4v) is 4.75. The van der Waals surface area contributed by atoms with E-state index in [1.54, 1.807) is 0 Å². The van der Waals surface area contributed by atoms with Crippen molar-refractivity contribution in [2.24, 2.45) is 5.92 Å². The average Bonchev–Trinajstić information content (AvgIpc) is 2.80. The van der Waals surface area contributed by atoms with Crippen LogP contribution in [0, 0.1) is 5.92 Å². The Hall–Kier alpha value is -2.03. The van der Waals surface area contributed by atoms with E-state index in [2.05, 4.69) is 93.6 Å². The minimum Gasteiger partial charge on any atom is -0.400 e. The highest BCUT2D eigenvalue weighted by atomic mass is 32.1. The molecule has 2 atom stereocenters. The van der Waals surface area contributed by atoms with E-state index in [-0.39, 0.29) is 0 Å². The van der Waals surface area contributed by atoms with E-state index >= 15 is 0 Å². The molecule has 1 N–H and O–H groups in total. The van der Waals surface area contributed by atoms with Gasteiger partial charge in [-0.25, -0.2) is 0 Å². The van der Waals surface area contributed by atoms with Gasteiger partial charge in [0.1, 0.15) is 0 Å². The number of hydrogen-bond acceptors (Lipinski definition) is 2. The third-order valence-electron chi connectivity index (χ3n) is 5.77. The van der Waals surface area contributed by atoms with Crippen molar-refractivity contribution in [3.8, 4) is 0 Å². The van der Waals surface area contributed by atoms with Gasteiger partial charge in [-0.15, -0.1) is 0 Å². The van der Waals surface area contributed by atoms with Gasteiger partial charge in [-0.1, -0.05) is 100 Å². The first-order valence-electron chi connectivity index (χ1n) is 11.5. The normalized spacial score (nSPS) is 13.1. The molecule has 3 rings (SSSR count). The second kappa shape index (κ2) is 13.4. The summed E-state index contributed by atoms with van der Waals surface area (Å²) in [5.41, 5.74) is 5.44. The van der Waals surface area contributed by atoms with Crippen LogP contribution in [0.5, 0.6) is 0 Å². The second-order valence-corrected chi connectivity index (χ2v) is 9.00. The van der Waals surface area contributed by atoms with Crippen molar-refractivity contribution in [3.05, 3.63) is 82.9 Å². The third-order valence-corrected chi connectivity index (χ3v) is 6.24. The van der Waals surface area contributed by atoms with E-state index in [1.165, 1.54) is 52.3 Å². The van der Waals surface area contributed by atoms with Crippen molar-refractivity contribution in [3.63, 3.8) is 0 Å². The number of thiol groups is 1. The third kappa shape index (κ3) is 7.55. The van der Waals surface area contributed by atoms with Crippen LogP contribution in [-0.2, 0) is 12.8 Å². The standard InChI is InChI=1S/C28H34S.CH4O/c1-4-8-26(29)19-21(3)20-28-25(18-17-24-9-6-7-10-27(24)28)16-15-23-13-11-22(5-2)12-14-23;1-2/h6-7,9-18,21,26,29H,4-5,8,19-20H2,1-3H3;2H,1H3/b16-15+;. The SMILES string of the molecule is CCCC(S)CC(C)Cc1c(/C=C/c2ccc(CC)cc2)ccc2ccccc12.CO. The average molecular weight is 435 g/mol. The van der Waals surface area contributed by atoms with Gasteiger partial charge in [-0.3, -0.25) is 0 Å². The molecule has 1 nitrogen and oxygen atoms in total. The van der Waals surface area contributed by atoms with Crippen LogP contribution in [0.4, 0.5) is 0 Å². The Labute approximate surface area is 194 Å². The number of aliphatic hydroxyl groups is 1. The molecular formula is C29H38OS. The summed E-state index contributed by atoms with van der Waals surface area (Å²) in [5, 5.41) is 10.2. The molecule has 0 aliphatic rings.